The average Bonchev–Trinajstić information content (AvgIpc) is 2.53. The molecule has 1 aromatic heterocycles. The van der Waals surface area contributed by atoms with Crippen LogP contribution < -0.4 is 5.73 Å². The minimum Gasteiger partial charge on any atom is -0.506 e. The molecule has 0 spiro atoms. The summed E-state index contributed by atoms with van der Waals surface area (Å²) in [5, 5.41) is 9.07. The Bertz CT molecular complexity index is 283. The van der Waals surface area contributed by atoms with Gasteiger partial charge in [0, 0.05) is 17.7 Å². The van der Waals surface area contributed by atoms with E-state index in [-0.39, 0.29) is 11.8 Å². The van der Waals surface area contributed by atoms with E-state index in [1.54, 1.807) is 6.07 Å². The molecule has 0 aliphatic heterocycles. The van der Waals surface area contributed by atoms with Gasteiger partial charge in [0.2, 0.25) is 0 Å². The van der Waals surface area contributed by atoms with Gasteiger partial charge in [-0.2, -0.15) is 0 Å². The molecule has 70 valence electrons. The zero-order valence-corrected chi connectivity index (χ0v) is 7.48. The molecule has 1 aliphatic carbocycles. The number of nitrogens with two attached hydrogens (primary N) is 1. The zero-order valence-electron chi connectivity index (χ0n) is 7.48. The Kier molecular flexibility index (Phi) is 2.19. The van der Waals surface area contributed by atoms with Crippen LogP contribution in [0.15, 0.2) is 18.3 Å². The topological polar surface area (TPSA) is 59.1 Å². The van der Waals surface area contributed by atoms with Crippen molar-refractivity contribution in [3.63, 3.8) is 0 Å². The first-order valence-corrected chi connectivity index (χ1v) is 4.68. The molecular weight excluding hydrogens is 164 g/mol. The van der Waals surface area contributed by atoms with Crippen LogP contribution in [0.5, 0.6) is 5.75 Å². The smallest absolute Gasteiger partial charge is 0.133 e. The van der Waals surface area contributed by atoms with E-state index >= 15 is 0 Å². The first kappa shape index (κ1) is 8.51. The molecule has 2 unspecified atom stereocenters. The predicted molar refractivity (Wildman–Crippen MR) is 50.5 cm³/mol. The van der Waals surface area contributed by atoms with Gasteiger partial charge in [0.1, 0.15) is 5.75 Å². The van der Waals surface area contributed by atoms with Crippen molar-refractivity contribution < 1.29 is 5.11 Å². The highest BCUT2D eigenvalue weighted by Crippen LogP contribution is 2.32. The number of hydrogen-bond acceptors (Lipinski definition) is 3. The quantitative estimate of drug-likeness (QED) is 0.683. The molecule has 2 rings (SSSR count). The van der Waals surface area contributed by atoms with Crippen molar-refractivity contribution in [1.29, 1.82) is 0 Å². The number of aromatic hydroxyl groups is 1. The molecule has 0 amide bonds. The van der Waals surface area contributed by atoms with E-state index in [1.807, 2.05) is 6.07 Å². The standard InChI is InChI=1S/C10H14N2O/c11-9-3-1-2-8(9)10-5-4-7(13)6-12-10/h4-6,8-9,13H,1-3,11H2. The molecule has 0 aromatic carbocycles. The Balaban J connectivity index is 2.20. The molecule has 0 radical (unpaired) electrons. The molecule has 1 heterocycles. The molecule has 1 aliphatic rings. The minimum absolute atomic E-state index is 0.218. The van der Waals surface area contributed by atoms with Gasteiger partial charge in [-0.05, 0) is 25.0 Å². The van der Waals surface area contributed by atoms with E-state index in [4.69, 9.17) is 10.8 Å². The summed E-state index contributed by atoms with van der Waals surface area (Å²) in [4.78, 5) is 4.18. The lowest BCUT2D eigenvalue weighted by atomic mass is 10.00. The SMILES string of the molecule is NC1CCCC1c1ccc(O)cn1. The zero-order chi connectivity index (χ0) is 9.26. The maximum absolute atomic E-state index is 9.07. The van der Waals surface area contributed by atoms with E-state index in [9.17, 15) is 0 Å². The van der Waals surface area contributed by atoms with Gasteiger partial charge >= 0.3 is 0 Å². The normalized spacial score (nSPS) is 27.8. The van der Waals surface area contributed by atoms with E-state index in [0.29, 0.717) is 5.92 Å². The van der Waals surface area contributed by atoms with Gasteiger partial charge in [0.25, 0.3) is 0 Å². The summed E-state index contributed by atoms with van der Waals surface area (Å²) in [6.07, 6.45) is 4.89. The van der Waals surface area contributed by atoms with Crippen molar-refractivity contribution in [2.45, 2.75) is 31.2 Å². The third-order valence-electron chi connectivity index (χ3n) is 2.72. The Morgan fingerprint density at radius 1 is 1.38 bits per heavy atom. The first-order chi connectivity index (χ1) is 6.27. The second kappa shape index (κ2) is 3.34. The van der Waals surface area contributed by atoms with E-state index in [1.165, 1.54) is 12.6 Å². The Morgan fingerprint density at radius 3 is 2.77 bits per heavy atom. The molecule has 3 heteroatoms. The van der Waals surface area contributed by atoms with E-state index in [0.717, 1.165) is 18.5 Å². The Labute approximate surface area is 77.6 Å². The Morgan fingerprint density at radius 2 is 2.23 bits per heavy atom. The molecule has 13 heavy (non-hydrogen) atoms. The number of aromatic nitrogens is 1. The molecule has 1 aromatic rings. The van der Waals surface area contributed by atoms with Gasteiger partial charge in [0.05, 0.1) is 6.20 Å². The van der Waals surface area contributed by atoms with Crippen molar-refractivity contribution in [1.82, 2.24) is 4.98 Å². The number of nitrogens with zero attached hydrogens (tertiary/aromatic N) is 1. The maximum atomic E-state index is 9.07. The van der Waals surface area contributed by atoms with Crippen LogP contribution in [0.1, 0.15) is 30.9 Å². The molecule has 0 saturated heterocycles. The van der Waals surface area contributed by atoms with Crippen molar-refractivity contribution >= 4 is 0 Å². The number of hydrogen-bond donors (Lipinski definition) is 2. The monoisotopic (exact) mass is 178 g/mol. The Hall–Kier alpha value is -1.09. The lowest BCUT2D eigenvalue weighted by Crippen LogP contribution is -2.23. The van der Waals surface area contributed by atoms with Gasteiger partial charge in [-0.15, -0.1) is 0 Å². The van der Waals surface area contributed by atoms with Crippen LogP contribution in [0.25, 0.3) is 0 Å². The first-order valence-electron chi connectivity index (χ1n) is 4.68. The van der Waals surface area contributed by atoms with Gasteiger partial charge in [0.15, 0.2) is 0 Å². The minimum atomic E-state index is 0.218. The van der Waals surface area contributed by atoms with Crippen molar-refractivity contribution in [2.75, 3.05) is 0 Å². The van der Waals surface area contributed by atoms with Crippen LogP contribution in [-0.4, -0.2) is 16.1 Å². The van der Waals surface area contributed by atoms with Gasteiger partial charge in [-0.25, -0.2) is 0 Å². The van der Waals surface area contributed by atoms with Crippen molar-refractivity contribution in [3.05, 3.63) is 24.0 Å². The highest BCUT2D eigenvalue weighted by molar-refractivity contribution is 5.21. The number of pyridine rings is 1. The summed E-state index contributed by atoms with van der Waals surface area (Å²) in [6, 6.07) is 3.79. The van der Waals surface area contributed by atoms with Crippen LogP contribution in [-0.2, 0) is 0 Å². The predicted octanol–water partition coefficient (Wildman–Crippen LogP) is 1.38. The van der Waals surface area contributed by atoms with Crippen LogP contribution >= 0.6 is 0 Å². The fraction of sp³-hybridized carbons (Fsp3) is 0.500. The summed E-state index contributed by atoms with van der Waals surface area (Å²) < 4.78 is 0. The van der Waals surface area contributed by atoms with Crippen molar-refractivity contribution in [2.24, 2.45) is 5.73 Å². The summed E-state index contributed by atoms with van der Waals surface area (Å²) in [6.45, 7) is 0. The summed E-state index contributed by atoms with van der Waals surface area (Å²) in [5.41, 5.74) is 6.96. The lowest BCUT2D eigenvalue weighted by molar-refractivity contribution is 0.470. The highest BCUT2D eigenvalue weighted by Gasteiger charge is 2.26. The van der Waals surface area contributed by atoms with Crippen LogP contribution in [0.2, 0.25) is 0 Å². The molecule has 3 N–H and O–H groups in total. The molecular formula is C10H14N2O. The van der Waals surface area contributed by atoms with Crippen LogP contribution in [0.3, 0.4) is 0 Å². The van der Waals surface area contributed by atoms with Crippen LogP contribution in [0, 0.1) is 0 Å². The fourth-order valence-corrected chi connectivity index (χ4v) is 1.97. The van der Waals surface area contributed by atoms with Crippen LogP contribution in [0.4, 0.5) is 0 Å². The molecule has 3 nitrogen and oxygen atoms in total. The van der Waals surface area contributed by atoms with Gasteiger partial charge in [-0.3, -0.25) is 4.98 Å². The molecule has 0 bridgehead atoms. The largest absolute Gasteiger partial charge is 0.506 e. The third kappa shape index (κ3) is 1.65. The number of rotatable bonds is 1. The summed E-state index contributed by atoms with van der Waals surface area (Å²) >= 11 is 0. The molecule has 1 fully saturated rings. The second-order valence-electron chi connectivity index (χ2n) is 3.64. The summed E-state index contributed by atoms with van der Waals surface area (Å²) in [5.74, 6) is 0.607. The van der Waals surface area contributed by atoms with E-state index < -0.39 is 0 Å². The second-order valence-corrected chi connectivity index (χ2v) is 3.64. The van der Waals surface area contributed by atoms with E-state index in [2.05, 4.69) is 4.98 Å². The average molecular weight is 178 g/mol. The maximum Gasteiger partial charge on any atom is 0.133 e. The highest BCUT2D eigenvalue weighted by atomic mass is 16.3. The lowest BCUT2D eigenvalue weighted by Gasteiger charge is -2.13. The molecule has 2 atom stereocenters. The fourth-order valence-electron chi connectivity index (χ4n) is 1.97. The van der Waals surface area contributed by atoms with Gasteiger partial charge in [-0.1, -0.05) is 6.42 Å². The summed E-state index contributed by atoms with van der Waals surface area (Å²) in [7, 11) is 0. The third-order valence-corrected chi connectivity index (χ3v) is 2.72. The molecule has 1 saturated carbocycles. The van der Waals surface area contributed by atoms with Gasteiger partial charge < -0.3 is 10.8 Å². The van der Waals surface area contributed by atoms with Crippen molar-refractivity contribution in [3.8, 4) is 5.75 Å².